The number of carbonyl (C=O) groups is 1. The molecule has 2 aromatic rings. The van der Waals surface area contributed by atoms with Crippen LogP contribution in [-0.4, -0.2) is 39.1 Å². The van der Waals surface area contributed by atoms with Crippen LogP contribution in [-0.2, 0) is 6.42 Å². The minimum atomic E-state index is 0.563. The number of anilines is 1. The Morgan fingerprint density at radius 2 is 2.19 bits per heavy atom. The summed E-state index contributed by atoms with van der Waals surface area (Å²) in [7, 11) is 1.63. The summed E-state index contributed by atoms with van der Waals surface area (Å²) in [6.45, 7) is 3.35. The molecule has 0 unspecified atom stereocenters. The first-order valence-electron chi connectivity index (χ1n) is 9.58. The molecule has 2 aromatic carbocycles. The van der Waals surface area contributed by atoms with Crippen molar-refractivity contribution in [3.05, 3.63) is 47.0 Å². The predicted octanol–water partition coefficient (Wildman–Crippen LogP) is 3.39. The number of nitrogens with one attached hydrogen (secondary N) is 1. The van der Waals surface area contributed by atoms with Crippen LogP contribution >= 0.6 is 0 Å². The SMILES string of the molecule is COc1ccc(-c2cc3c4c(c2)[C@H]2CNCC[C@H]2N4CCC3)c(C=O)c1. The number of hydrogen-bond donors (Lipinski definition) is 1. The van der Waals surface area contributed by atoms with Crippen LogP contribution in [0.5, 0.6) is 5.75 Å². The molecule has 1 N–H and O–H groups in total. The number of aryl methyl sites for hydroxylation is 1. The monoisotopic (exact) mass is 348 g/mol. The van der Waals surface area contributed by atoms with Crippen molar-refractivity contribution in [1.82, 2.24) is 5.32 Å². The summed E-state index contributed by atoms with van der Waals surface area (Å²) < 4.78 is 5.29. The standard InChI is InChI=1S/C22H24N2O2/c1-26-17-4-5-18(16(10-17)13-25)15-9-14-3-2-8-24-21-6-7-23-12-20(21)19(11-15)22(14)24/h4-5,9-11,13,20-21,23H,2-3,6-8,12H2,1H3/t20-,21-/m1/s1. The molecule has 26 heavy (non-hydrogen) atoms. The Bertz CT molecular complexity index is 877. The quantitative estimate of drug-likeness (QED) is 0.864. The summed E-state index contributed by atoms with van der Waals surface area (Å²) in [5, 5.41) is 3.58. The molecule has 134 valence electrons. The van der Waals surface area contributed by atoms with Gasteiger partial charge in [0.1, 0.15) is 5.75 Å². The summed E-state index contributed by atoms with van der Waals surface area (Å²) in [6.07, 6.45) is 4.51. The first-order valence-corrected chi connectivity index (χ1v) is 9.58. The number of hydrogen-bond acceptors (Lipinski definition) is 4. The topological polar surface area (TPSA) is 41.6 Å². The van der Waals surface area contributed by atoms with E-state index in [4.69, 9.17) is 4.74 Å². The first kappa shape index (κ1) is 15.9. The van der Waals surface area contributed by atoms with E-state index < -0.39 is 0 Å². The second-order valence-corrected chi connectivity index (χ2v) is 7.61. The molecule has 4 nitrogen and oxygen atoms in total. The van der Waals surface area contributed by atoms with Gasteiger partial charge in [0, 0.05) is 36.3 Å². The van der Waals surface area contributed by atoms with Gasteiger partial charge in [-0.1, -0.05) is 0 Å². The normalized spacial score (nSPS) is 23.3. The fourth-order valence-corrected chi connectivity index (χ4v) is 5.14. The molecule has 0 saturated carbocycles. The van der Waals surface area contributed by atoms with Crippen LogP contribution in [0.3, 0.4) is 0 Å². The molecule has 2 atom stereocenters. The lowest BCUT2D eigenvalue weighted by molar-refractivity contribution is 0.112. The average Bonchev–Trinajstić information content (AvgIpc) is 3.03. The van der Waals surface area contributed by atoms with Crippen molar-refractivity contribution < 1.29 is 9.53 Å². The zero-order valence-corrected chi connectivity index (χ0v) is 15.1. The van der Waals surface area contributed by atoms with E-state index in [1.165, 1.54) is 36.2 Å². The molecular formula is C22H24N2O2. The lowest BCUT2D eigenvalue weighted by atomic mass is 9.87. The molecule has 0 bridgehead atoms. The average molecular weight is 348 g/mol. The second kappa shape index (κ2) is 6.13. The van der Waals surface area contributed by atoms with E-state index in [1.54, 1.807) is 7.11 Å². The van der Waals surface area contributed by atoms with Gasteiger partial charge in [0.15, 0.2) is 6.29 Å². The Labute approximate surface area is 154 Å². The highest BCUT2D eigenvalue weighted by Crippen LogP contribution is 2.49. The van der Waals surface area contributed by atoms with Gasteiger partial charge in [-0.3, -0.25) is 4.79 Å². The molecule has 0 radical (unpaired) electrons. The molecule has 0 amide bonds. The zero-order chi connectivity index (χ0) is 17.7. The Morgan fingerprint density at radius 3 is 3.04 bits per heavy atom. The van der Waals surface area contributed by atoms with Crippen molar-refractivity contribution in [1.29, 1.82) is 0 Å². The molecule has 0 aromatic heterocycles. The maximum absolute atomic E-state index is 11.7. The number of nitrogens with zero attached hydrogens (tertiary/aromatic N) is 1. The third kappa shape index (κ3) is 2.28. The number of aldehydes is 1. The third-order valence-electron chi connectivity index (χ3n) is 6.29. The largest absolute Gasteiger partial charge is 0.497 e. The Balaban J connectivity index is 1.67. The predicted molar refractivity (Wildman–Crippen MR) is 104 cm³/mol. The van der Waals surface area contributed by atoms with Gasteiger partial charge in [-0.25, -0.2) is 0 Å². The van der Waals surface area contributed by atoms with E-state index in [2.05, 4.69) is 22.3 Å². The van der Waals surface area contributed by atoms with Crippen LogP contribution in [0.2, 0.25) is 0 Å². The molecule has 0 aliphatic carbocycles. The summed E-state index contributed by atoms with van der Waals surface area (Å²) in [5.74, 6) is 1.29. The van der Waals surface area contributed by atoms with Crippen LogP contribution in [0.25, 0.3) is 11.1 Å². The third-order valence-corrected chi connectivity index (χ3v) is 6.29. The van der Waals surface area contributed by atoms with Crippen molar-refractivity contribution in [2.75, 3.05) is 31.6 Å². The maximum atomic E-state index is 11.7. The van der Waals surface area contributed by atoms with Gasteiger partial charge in [-0.15, -0.1) is 0 Å². The van der Waals surface area contributed by atoms with Crippen LogP contribution in [0, 0.1) is 0 Å². The Morgan fingerprint density at radius 1 is 1.27 bits per heavy atom. The van der Waals surface area contributed by atoms with Crippen LogP contribution in [0.1, 0.15) is 40.2 Å². The molecule has 3 heterocycles. The summed E-state index contributed by atoms with van der Waals surface area (Å²) in [4.78, 5) is 14.3. The summed E-state index contributed by atoms with van der Waals surface area (Å²) in [6, 6.07) is 11.1. The van der Waals surface area contributed by atoms with Gasteiger partial charge in [0.25, 0.3) is 0 Å². The Kier molecular flexibility index (Phi) is 3.75. The number of fused-ring (bicyclic) bond motifs is 3. The molecule has 3 aliphatic rings. The van der Waals surface area contributed by atoms with Crippen molar-refractivity contribution in [3.63, 3.8) is 0 Å². The number of rotatable bonds is 3. The minimum absolute atomic E-state index is 0.563. The smallest absolute Gasteiger partial charge is 0.150 e. The van der Waals surface area contributed by atoms with Gasteiger partial charge < -0.3 is 15.0 Å². The number of piperidine rings is 1. The number of methoxy groups -OCH3 is 1. The van der Waals surface area contributed by atoms with E-state index in [1.807, 2.05) is 18.2 Å². The van der Waals surface area contributed by atoms with Crippen LogP contribution in [0.4, 0.5) is 5.69 Å². The van der Waals surface area contributed by atoms with Crippen molar-refractivity contribution in [2.45, 2.75) is 31.2 Å². The summed E-state index contributed by atoms with van der Waals surface area (Å²) >= 11 is 0. The maximum Gasteiger partial charge on any atom is 0.150 e. The van der Waals surface area contributed by atoms with Crippen molar-refractivity contribution >= 4 is 12.0 Å². The molecule has 5 rings (SSSR count). The van der Waals surface area contributed by atoms with Crippen molar-refractivity contribution in [3.8, 4) is 16.9 Å². The van der Waals surface area contributed by atoms with E-state index in [9.17, 15) is 4.79 Å². The fraction of sp³-hybridized carbons (Fsp3) is 0.409. The van der Waals surface area contributed by atoms with E-state index >= 15 is 0 Å². The van der Waals surface area contributed by atoms with Gasteiger partial charge in [0.05, 0.1) is 7.11 Å². The van der Waals surface area contributed by atoms with E-state index in [0.717, 1.165) is 42.7 Å². The highest BCUT2D eigenvalue weighted by molar-refractivity contribution is 5.89. The minimum Gasteiger partial charge on any atom is -0.497 e. The van der Waals surface area contributed by atoms with Gasteiger partial charge >= 0.3 is 0 Å². The lowest BCUT2D eigenvalue weighted by Crippen LogP contribution is -2.45. The fourth-order valence-electron chi connectivity index (χ4n) is 5.14. The van der Waals surface area contributed by atoms with Gasteiger partial charge in [-0.2, -0.15) is 0 Å². The summed E-state index contributed by atoms with van der Waals surface area (Å²) in [5.41, 5.74) is 7.27. The van der Waals surface area contributed by atoms with Crippen LogP contribution in [0.15, 0.2) is 30.3 Å². The van der Waals surface area contributed by atoms with E-state index in [0.29, 0.717) is 17.5 Å². The molecule has 1 saturated heterocycles. The molecular weight excluding hydrogens is 324 g/mol. The first-order chi connectivity index (χ1) is 12.8. The second-order valence-electron chi connectivity index (χ2n) is 7.61. The number of benzene rings is 2. The lowest BCUT2D eigenvalue weighted by Gasteiger charge is -2.36. The Hall–Kier alpha value is -2.33. The van der Waals surface area contributed by atoms with Gasteiger partial charge in [-0.05, 0) is 78.4 Å². The molecule has 3 aliphatic heterocycles. The van der Waals surface area contributed by atoms with Crippen LogP contribution < -0.4 is 15.0 Å². The van der Waals surface area contributed by atoms with E-state index in [-0.39, 0.29) is 0 Å². The highest BCUT2D eigenvalue weighted by Gasteiger charge is 2.42. The highest BCUT2D eigenvalue weighted by atomic mass is 16.5. The number of ether oxygens (including phenoxy) is 1. The molecule has 1 fully saturated rings. The van der Waals surface area contributed by atoms with Gasteiger partial charge in [0.2, 0.25) is 0 Å². The molecule has 4 heteroatoms. The number of carbonyl (C=O) groups excluding carboxylic acids is 1. The van der Waals surface area contributed by atoms with Crippen molar-refractivity contribution in [2.24, 2.45) is 0 Å². The zero-order valence-electron chi connectivity index (χ0n) is 15.1. The molecule has 0 spiro atoms.